The Morgan fingerprint density at radius 2 is 1.43 bits per heavy atom. The first kappa shape index (κ1) is 38.9. The summed E-state index contributed by atoms with van der Waals surface area (Å²) in [5, 5.41) is 4.23. The Kier molecular flexibility index (Phi) is 16.1. The van der Waals surface area contributed by atoms with Gasteiger partial charge in [-0.3, -0.25) is 14.3 Å². The summed E-state index contributed by atoms with van der Waals surface area (Å²) in [6, 6.07) is 18.4. The van der Waals surface area contributed by atoms with Gasteiger partial charge in [-0.25, -0.2) is 4.98 Å². The monoisotopic (exact) mass is 639 g/mol. The number of anilines is 2. The average Bonchev–Trinajstić information content (AvgIpc) is 3.50. The number of pyridine rings is 1. The fourth-order valence-electron chi connectivity index (χ4n) is 5.17. The van der Waals surface area contributed by atoms with Gasteiger partial charge in [0.1, 0.15) is 5.82 Å². The lowest BCUT2D eigenvalue weighted by Crippen LogP contribution is -2.28. The summed E-state index contributed by atoms with van der Waals surface area (Å²) in [4.78, 5) is 32.4. The molecule has 47 heavy (non-hydrogen) atoms. The van der Waals surface area contributed by atoms with Gasteiger partial charge in [0.15, 0.2) is 5.78 Å². The van der Waals surface area contributed by atoms with Crippen LogP contribution in [0.1, 0.15) is 118 Å². The first-order chi connectivity index (χ1) is 22.4. The molecule has 0 aliphatic rings. The van der Waals surface area contributed by atoms with E-state index in [-0.39, 0.29) is 11.7 Å². The molecule has 0 saturated heterocycles. The normalized spacial score (nSPS) is 10.6. The highest BCUT2D eigenvalue weighted by atomic mass is 16.2. The van der Waals surface area contributed by atoms with Gasteiger partial charge in [0.05, 0.1) is 11.8 Å². The predicted molar refractivity (Wildman–Crippen MR) is 199 cm³/mol. The second-order valence-corrected chi connectivity index (χ2v) is 12.5. The zero-order chi connectivity index (χ0) is 35.1. The quantitative estimate of drug-likeness (QED) is 0.153. The number of aryl methyl sites for hydroxylation is 2. The number of carbonyl (C=O) groups excluding carboxylic acids is 2. The molecule has 0 bridgehead atoms. The lowest BCUT2D eigenvalue weighted by molar-refractivity contribution is 0.0988. The van der Waals surface area contributed by atoms with Crippen molar-refractivity contribution in [1.82, 2.24) is 14.8 Å². The largest absolute Gasteiger partial charge is 0.357 e. The molecule has 0 atom stereocenters. The molecule has 254 valence electrons. The van der Waals surface area contributed by atoms with E-state index in [1.54, 1.807) is 36.3 Å². The van der Waals surface area contributed by atoms with Crippen molar-refractivity contribution in [3.05, 3.63) is 95.4 Å². The molecule has 0 fully saturated rings. The van der Waals surface area contributed by atoms with Crippen LogP contribution in [0.4, 0.5) is 11.5 Å². The lowest BCUT2D eigenvalue weighted by Gasteiger charge is -2.23. The molecule has 0 N–H and O–H groups in total. The van der Waals surface area contributed by atoms with E-state index in [0.29, 0.717) is 17.2 Å². The molecule has 0 saturated carbocycles. The standard InChI is InChI=1S/C20H25N3O2.C17H24N2.C3H8/c1-13(2)22(5)19-10-9-17(12-21-19)20(25)23(6)18-11-16(15(4)24)8-7-14(18)3;1-4-6-14(7-5-2)15-8-10-16(11-9-15)17-12-18-19(3)13-17;1-3-2/h7-13H,1-6H3;8-14H,4-7H2,1-3H3;3H2,1-2H3. The zero-order valence-corrected chi connectivity index (χ0v) is 30.7. The molecule has 7 heteroatoms. The van der Waals surface area contributed by atoms with Gasteiger partial charge in [-0.15, -0.1) is 0 Å². The number of amides is 1. The Bertz CT molecular complexity index is 1520. The van der Waals surface area contributed by atoms with Gasteiger partial charge in [-0.05, 0) is 81.3 Å². The molecule has 2 aromatic heterocycles. The van der Waals surface area contributed by atoms with E-state index in [4.69, 9.17) is 0 Å². The fourth-order valence-corrected chi connectivity index (χ4v) is 5.17. The number of rotatable bonds is 11. The second kappa shape index (κ2) is 19.4. The third-order valence-corrected chi connectivity index (χ3v) is 8.11. The van der Waals surface area contributed by atoms with Gasteiger partial charge in [0, 0.05) is 56.4 Å². The number of nitrogens with zero attached hydrogens (tertiary/aromatic N) is 5. The Balaban J connectivity index is 0.000000311. The van der Waals surface area contributed by atoms with Gasteiger partial charge in [0.2, 0.25) is 0 Å². The van der Waals surface area contributed by atoms with Crippen molar-refractivity contribution in [3.8, 4) is 11.1 Å². The molecule has 0 radical (unpaired) electrons. The Morgan fingerprint density at radius 3 is 1.89 bits per heavy atom. The van der Waals surface area contributed by atoms with Crippen molar-refractivity contribution >= 4 is 23.2 Å². The number of Topliss-reactive ketones (excluding diaryl/α,β-unsaturated/α-hetero) is 1. The molecular formula is C40H57N5O2. The van der Waals surface area contributed by atoms with Gasteiger partial charge < -0.3 is 9.80 Å². The highest BCUT2D eigenvalue weighted by molar-refractivity contribution is 6.06. The molecular weight excluding hydrogens is 582 g/mol. The van der Waals surface area contributed by atoms with Crippen LogP contribution < -0.4 is 9.80 Å². The van der Waals surface area contributed by atoms with E-state index in [0.717, 1.165) is 23.0 Å². The summed E-state index contributed by atoms with van der Waals surface area (Å²) in [5.74, 6) is 1.36. The predicted octanol–water partition coefficient (Wildman–Crippen LogP) is 9.90. The van der Waals surface area contributed by atoms with Crippen LogP contribution in [0.25, 0.3) is 11.1 Å². The lowest BCUT2D eigenvalue weighted by atomic mass is 9.89. The average molecular weight is 640 g/mol. The summed E-state index contributed by atoms with van der Waals surface area (Å²) in [5.41, 5.74) is 6.69. The van der Waals surface area contributed by atoms with Crippen molar-refractivity contribution in [2.45, 2.75) is 99.5 Å². The first-order valence-corrected chi connectivity index (χ1v) is 17.1. The van der Waals surface area contributed by atoms with Crippen molar-refractivity contribution in [2.75, 3.05) is 23.9 Å². The Labute approximate surface area is 284 Å². The van der Waals surface area contributed by atoms with Gasteiger partial charge in [0.25, 0.3) is 5.91 Å². The van der Waals surface area contributed by atoms with Crippen LogP contribution in [0, 0.1) is 6.92 Å². The molecule has 0 spiro atoms. The molecule has 7 nitrogen and oxygen atoms in total. The topological polar surface area (TPSA) is 71.3 Å². The van der Waals surface area contributed by atoms with E-state index in [1.807, 2.05) is 48.9 Å². The van der Waals surface area contributed by atoms with Crippen molar-refractivity contribution < 1.29 is 9.59 Å². The molecule has 0 aliphatic heterocycles. The Hall–Kier alpha value is -4.26. The van der Waals surface area contributed by atoms with E-state index < -0.39 is 0 Å². The van der Waals surface area contributed by atoms with Crippen LogP contribution in [0.2, 0.25) is 0 Å². The molecule has 4 aromatic rings. The van der Waals surface area contributed by atoms with Crippen LogP contribution in [0.5, 0.6) is 0 Å². The maximum absolute atomic E-state index is 12.8. The SMILES string of the molecule is CC(=O)c1ccc(C)c(N(C)C(=O)c2ccc(N(C)C(C)C)nc2)c1.CCC.CCCC(CCC)c1ccc(-c2cnn(C)c2)cc1. The van der Waals surface area contributed by atoms with Gasteiger partial charge >= 0.3 is 0 Å². The molecule has 0 aliphatic carbocycles. The number of carbonyl (C=O) groups is 2. The van der Waals surface area contributed by atoms with Crippen molar-refractivity contribution in [3.63, 3.8) is 0 Å². The number of hydrogen-bond donors (Lipinski definition) is 0. The zero-order valence-electron chi connectivity index (χ0n) is 30.7. The molecule has 0 unspecified atom stereocenters. The van der Waals surface area contributed by atoms with E-state index in [9.17, 15) is 9.59 Å². The number of benzene rings is 2. The van der Waals surface area contributed by atoms with Crippen LogP contribution in [0.15, 0.2) is 73.2 Å². The Morgan fingerprint density at radius 1 is 0.830 bits per heavy atom. The maximum Gasteiger partial charge on any atom is 0.259 e. The minimum absolute atomic E-state index is 0.0233. The number of aromatic nitrogens is 3. The highest BCUT2D eigenvalue weighted by Gasteiger charge is 2.18. The summed E-state index contributed by atoms with van der Waals surface area (Å²) < 4.78 is 1.85. The van der Waals surface area contributed by atoms with E-state index in [1.165, 1.54) is 55.7 Å². The van der Waals surface area contributed by atoms with Crippen molar-refractivity contribution in [2.24, 2.45) is 7.05 Å². The third-order valence-electron chi connectivity index (χ3n) is 8.11. The van der Waals surface area contributed by atoms with E-state index in [2.05, 4.69) is 82.1 Å². The summed E-state index contributed by atoms with van der Waals surface area (Å²) in [6.07, 6.45) is 11.9. The minimum atomic E-state index is -0.157. The number of ketones is 1. The number of hydrogen-bond acceptors (Lipinski definition) is 5. The minimum Gasteiger partial charge on any atom is -0.357 e. The maximum atomic E-state index is 12.8. The highest BCUT2D eigenvalue weighted by Crippen LogP contribution is 2.29. The van der Waals surface area contributed by atoms with Gasteiger partial charge in [-0.1, -0.05) is 83.4 Å². The molecule has 2 aromatic carbocycles. The van der Waals surface area contributed by atoms with Crippen molar-refractivity contribution in [1.29, 1.82) is 0 Å². The first-order valence-electron chi connectivity index (χ1n) is 17.1. The fraction of sp³-hybridized carbons (Fsp3) is 0.450. The second-order valence-electron chi connectivity index (χ2n) is 12.5. The molecule has 2 heterocycles. The summed E-state index contributed by atoms with van der Waals surface area (Å²) >= 11 is 0. The third kappa shape index (κ3) is 11.5. The molecule has 1 amide bonds. The van der Waals surface area contributed by atoms with Crippen LogP contribution in [-0.4, -0.2) is 46.6 Å². The molecule has 4 rings (SSSR count). The van der Waals surface area contributed by atoms with Crippen LogP contribution in [0.3, 0.4) is 0 Å². The van der Waals surface area contributed by atoms with Crippen LogP contribution >= 0.6 is 0 Å². The summed E-state index contributed by atoms with van der Waals surface area (Å²) in [7, 11) is 5.64. The van der Waals surface area contributed by atoms with E-state index >= 15 is 0 Å². The smallest absolute Gasteiger partial charge is 0.259 e. The van der Waals surface area contributed by atoms with Crippen LogP contribution in [-0.2, 0) is 7.05 Å². The summed E-state index contributed by atoms with van der Waals surface area (Å²) in [6.45, 7) is 16.4. The van der Waals surface area contributed by atoms with Gasteiger partial charge in [-0.2, -0.15) is 5.10 Å².